The molecule has 0 spiro atoms. The zero-order valence-corrected chi connectivity index (χ0v) is 19.5. The summed E-state index contributed by atoms with van der Waals surface area (Å²) in [5.41, 5.74) is 5.54. The summed E-state index contributed by atoms with van der Waals surface area (Å²) in [7, 11) is 1.87. The van der Waals surface area contributed by atoms with Gasteiger partial charge in [0, 0.05) is 18.7 Å². The lowest BCUT2D eigenvalue weighted by Gasteiger charge is -2.20. The molecule has 0 aliphatic carbocycles. The van der Waals surface area contributed by atoms with Crippen LogP contribution in [-0.2, 0) is 18.4 Å². The molecule has 4 rings (SSSR count). The van der Waals surface area contributed by atoms with E-state index in [2.05, 4.69) is 11.1 Å². The number of aromatic nitrogens is 2. The van der Waals surface area contributed by atoms with Crippen LogP contribution in [0.2, 0.25) is 0 Å². The van der Waals surface area contributed by atoms with Crippen molar-refractivity contribution >= 4 is 18.1 Å². The Morgan fingerprint density at radius 2 is 1.85 bits per heavy atom. The Kier molecular flexibility index (Phi) is 7.79. The number of nitriles is 1. The molecule has 1 unspecified atom stereocenters. The van der Waals surface area contributed by atoms with Crippen molar-refractivity contribution in [2.45, 2.75) is 19.6 Å². The molecule has 34 heavy (non-hydrogen) atoms. The van der Waals surface area contributed by atoms with Crippen molar-refractivity contribution in [3.63, 3.8) is 0 Å². The van der Waals surface area contributed by atoms with Gasteiger partial charge in [-0.1, -0.05) is 42.5 Å². The molecule has 0 saturated carbocycles. The number of imidazole rings is 1. The minimum Gasteiger partial charge on any atom is -0.362 e. The zero-order valence-electron chi connectivity index (χ0n) is 18.7. The number of rotatable bonds is 7. The SMILES string of the molecule is Cc1ccccc1-c1cc(C(OCc2ccccc2[N+](=O)[O-])c2cncn2C)ccc1C#N.Cl. The molecule has 0 fully saturated rings. The minimum absolute atomic E-state index is 0. The van der Waals surface area contributed by atoms with Crippen LogP contribution in [0, 0.1) is 28.4 Å². The van der Waals surface area contributed by atoms with Gasteiger partial charge in [0.05, 0.1) is 46.9 Å². The molecule has 7 nitrogen and oxygen atoms in total. The lowest BCUT2D eigenvalue weighted by Crippen LogP contribution is -2.11. The van der Waals surface area contributed by atoms with Crippen molar-refractivity contribution in [3.8, 4) is 17.2 Å². The van der Waals surface area contributed by atoms with Gasteiger partial charge in [-0.25, -0.2) is 4.98 Å². The lowest BCUT2D eigenvalue weighted by molar-refractivity contribution is -0.386. The van der Waals surface area contributed by atoms with Crippen LogP contribution in [0.4, 0.5) is 5.69 Å². The second-order valence-corrected chi connectivity index (χ2v) is 7.74. The van der Waals surface area contributed by atoms with Crippen LogP contribution in [0.25, 0.3) is 11.1 Å². The summed E-state index contributed by atoms with van der Waals surface area (Å²) in [5, 5.41) is 21.1. The maximum atomic E-state index is 11.4. The maximum Gasteiger partial charge on any atom is 0.274 e. The Morgan fingerprint density at radius 1 is 1.12 bits per heavy atom. The molecule has 0 radical (unpaired) electrons. The number of ether oxygens (including phenoxy) is 1. The van der Waals surface area contributed by atoms with Gasteiger partial charge >= 0.3 is 0 Å². The summed E-state index contributed by atoms with van der Waals surface area (Å²) >= 11 is 0. The molecule has 0 saturated heterocycles. The highest BCUT2D eigenvalue weighted by Crippen LogP contribution is 2.34. The van der Waals surface area contributed by atoms with Gasteiger partial charge in [0.15, 0.2) is 0 Å². The van der Waals surface area contributed by atoms with Crippen LogP contribution in [0.1, 0.15) is 34.1 Å². The second kappa shape index (κ2) is 10.8. The van der Waals surface area contributed by atoms with Gasteiger partial charge in [-0.2, -0.15) is 5.26 Å². The molecule has 172 valence electrons. The Bertz CT molecular complexity index is 1360. The first-order valence-electron chi connectivity index (χ1n) is 10.4. The minimum atomic E-state index is -0.534. The largest absolute Gasteiger partial charge is 0.362 e. The second-order valence-electron chi connectivity index (χ2n) is 7.74. The molecule has 4 aromatic rings. The molecule has 8 heteroatoms. The highest BCUT2D eigenvalue weighted by molar-refractivity contribution is 5.85. The summed E-state index contributed by atoms with van der Waals surface area (Å²) < 4.78 is 8.13. The summed E-state index contributed by atoms with van der Waals surface area (Å²) in [6.07, 6.45) is 2.87. The number of halogens is 1. The van der Waals surface area contributed by atoms with E-state index in [1.807, 2.05) is 54.9 Å². The van der Waals surface area contributed by atoms with Crippen molar-refractivity contribution in [2.75, 3.05) is 0 Å². The summed E-state index contributed by atoms with van der Waals surface area (Å²) in [6, 6.07) is 22.3. The number of aryl methyl sites for hydroxylation is 2. The van der Waals surface area contributed by atoms with Crippen molar-refractivity contribution < 1.29 is 9.66 Å². The fourth-order valence-corrected chi connectivity index (χ4v) is 3.88. The third kappa shape index (κ3) is 4.99. The van der Waals surface area contributed by atoms with Crippen LogP contribution >= 0.6 is 12.4 Å². The van der Waals surface area contributed by atoms with Gasteiger partial charge in [-0.15, -0.1) is 12.4 Å². The fourth-order valence-electron chi connectivity index (χ4n) is 3.88. The Labute approximate surface area is 203 Å². The predicted molar refractivity (Wildman–Crippen MR) is 132 cm³/mol. The first-order valence-corrected chi connectivity index (χ1v) is 10.4. The lowest BCUT2D eigenvalue weighted by atomic mass is 9.93. The Morgan fingerprint density at radius 3 is 2.53 bits per heavy atom. The highest BCUT2D eigenvalue weighted by Gasteiger charge is 2.22. The summed E-state index contributed by atoms with van der Waals surface area (Å²) in [6.45, 7) is 2.06. The number of nitrogens with zero attached hydrogens (tertiary/aromatic N) is 4. The van der Waals surface area contributed by atoms with Crippen LogP contribution < -0.4 is 0 Å². The van der Waals surface area contributed by atoms with E-state index in [1.54, 1.807) is 36.8 Å². The number of hydrogen-bond acceptors (Lipinski definition) is 5. The predicted octanol–water partition coefficient (Wildman–Crippen LogP) is 5.90. The van der Waals surface area contributed by atoms with Gasteiger partial charge < -0.3 is 9.30 Å². The normalized spacial score (nSPS) is 11.3. The van der Waals surface area contributed by atoms with Gasteiger partial charge in [0.2, 0.25) is 0 Å². The van der Waals surface area contributed by atoms with E-state index in [-0.39, 0.29) is 24.7 Å². The average molecular weight is 475 g/mol. The molecule has 0 bridgehead atoms. The van der Waals surface area contributed by atoms with E-state index >= 15 is 0 Å². The molecular weight excluding hydrogens is 452 g/mol. The monoisotopic (exact) mass is 474 g/mol. The van der Waals surface area contributed by atoms with Crippen molar-refractivity contribution in [2.24, 2.45) is 7.05 Å². The standard InChI is InChI=1S/C26H22N4O3.ClH/c1-18-7-3-5-9-22(18)23-13-19(11-12-20(23)14-27)26(25-15-28-17-29(25)2)33-16-21-8-4-6-10-24(21)30(31)32;/h3-13,15,17,26H,16H2,1-2H3;1H. The van der Waals surface area contributed by atoms with Crippen molar-refractivity contribution in [1.29, 1.82) is 5.26 Å². The number of benzene rings is 3. The third-order valence-corrected chi connectivity index (χ3v) is 5.62. The average Bonchev–Trinajstić information content (AvgIpc) is 3.25. The molecule has 0 aliphatic heterocycles. The Balaban J connectivity index is 0.00000324. The van der Waals surface area contributed by atoms with Gasteiger partial charge in [0.25, 0.3) is 5.69 Å². The fraction of sp³-hybridized carbons (Fsp3) is 0.154. The molecule has 1 atom stereocenters. The van der Waals surface area contributed by atoms with E-state index in [9.17, 15) is 15.4 Å². The van der Waals surface area contributed by atoms with E-state index in [0.29, 0.717) is 11.1 Å². The van der Waals surface area contributed by atoms with E-state index in [4.69, 9.17) is 4.74 Å². The van der Waals surface area contributed by atoms with E-state index in [0.717, 1.165) is 27.9 Å². The maximum absolute atomic E-state index is 11.4. The molecule has 0 N–H and O–H groups in total. The molecule has 1 heterocycles. The smallest absolute Gasteiger partial charge is 0.274 e. The van der Waals surface area contributed by atoms with Crippen molar-refractivity contribution in [3.05, 3.63) is 117 Å². The van der Waals surface area contributed by atoms with Crippen molar-refractivity contribution in [1.82, 2.24) is 9.55 Å². The first-order chi connectivity index (χ1) is 16.0. The number of nitro benzene ring substituents is 1. The molecular formula is C26H23ClN4O3. The number of para-hydroxylation sites is 1. The quantitative estimate of drug-likeness (QED) is 0.245. The number of hydrogen-bond donors (Lipinski definition) is 0. The van der Waals surface area contributed by atoms with E-state index < -0.39 is 11.0 Å². The highest BCUT2D eigenvalue weighted by atomic mass is 35.5. The summed E-state index contributed by atoms with van der Waals surface area (Å²) in [4.78, 5) is 15.2. The molecule has 0 aliphatic rings. The van der Waals surface area contributed by atoms with Gasteiger partial charge in [0.1, 0.15) is 6.10 Å². The molecule has 1 aromatic heterocycles. The van der Waals surface area contributed by atoms with Gasteiger partial charge in [-0.3, -0.25) is 10.1 Å². The topological polar surface area (TPSA) is 94.0 Å². The van der Waals surface area contributed by atoms with Crippen LogP contribution in [0.5, 0.6) is 0 Å². The van der Waals surface area contributed by atoms with Crippen LogP contribution in [0.15, 0.2) is 79.3 Å². The van der Waals surface area contributed by atoms with E-state index in [1.165, 1.54) is 6.07 Å². The molecule has 0 amide bonds. The molecule has 3 aromatic carbocycles. The van der Waals surface area contributed by atoms with Gasteiger partial charge in [-0.05, 0) is 41.8 Å². The first kappa shape index (κ1) is 24.6. The Hall–Kier alpha value is -3.99. The summed E-state index contributed by atoms with van der Waals surface area (Å²) in [5.74, 6) is 0. The zero-order chi connectivity index (χ0) is 23.4. The van der Waals surface area contributed by atoms with Crippen LogP contribution in [-0.4, -0.2) is 14.5 Å². The van der Waals surface area contributed by atoms with Crippen LogP contribution in [0.3, 0.4) is 0 Å². The number of nitro groups is 1. The third-order valence-electron chi connectivity index (χ3n) is 5.62.